The van der Waals surface area contributed by atoms with Crippen LogP contribution >= 0.6 is 0 Å². The number of nitrogens with one attached hydrogen (secondary N) is 1. The summed E-state index contributed by atoms with van der Waals surface area (Å²) in [5.41, 5.74) is 0.551. The Morgan fingerprint density at radius 1 is 1.26 bits per heavy atom. The lowest BCUT2D eigenvalue weighted by atomic mass is 9.95. The summed E-state index contributed by atoms with van der Waals surface area (Å²) in [5.74, 6) is 0.817. The summed E-state index contributed by atoms with van der Waals surface area (Å²) in [6.45, 7) is 3.85. The molecule has 0 aromatic carbocycles. The number of urea groups is 1. The van der Waals surface area contributed by atoms with Gasteiger partial charge in [0.05, 0.1) is 18.8 Å². The van der Waals surface area contributed by atoms with Crippen molar-refractivity contribution in [2.75, 3.05) is 32.0 Å². The topological polar surface area (TPSA) is 79.7 Å². The molecule has 1 spiro atoms. The van der Waals surface area contributed by atoms with Crippen molar-refractivity contribution in [2.45, 2.75) is 63.5 Å². The Balaban J connectivity index is 1.42. The average Bonchev–Trinajstić information content (AvgIpc) is 3.29. The van der Waals surface area contributed by atoms with Crippen molar-refractivity contribution in [3.05, 3.63) is 11.8 Å². The van der Waals surface area contributed by atoms with E-state index in [2.05, 4.69) is 10.4 Å². The van der Waals surface area contributed by atoms with Crippen molar-refractivity contribution in [3.8, 4) is 0 Å². The fourth-order valence-corrected chi connectivity index (χ4v) is 4.63. The van der Waals surface area contributed by atoms with Gasteiger partial charge in [0.2, 0.25) is 0 Å². The smallest absolute Gasteiger partial charge is 0.410 e. The van der Waals surface area contributed by atoms with Gasteiger partial charge in [0, 0.05) is 32.1 Å². The Kier molecular flexibility index (Phi) is 4.74. The zero-order valence-corrected chi connectivity index (χ0v) is 16.2. The van der Waals surface area contributed by atoms with Gasteiger partial charge in [-0.2, -0.15) is 5.10 Å². The molecule has 2 saturated heterocycles. The molecule has 1 aromatic heterocycles. The van der Waals surface area contributed by atoms with E-state index in [4.69, 9.17) is 4.74 Å². The molecular formula is C19H29N5O3. The van der Waals surface area contributed by atoms with Gasteiger partial charge in [-0.15, -0.1) is 0 Å². The number of anilines is 1. The molecule has 0 radical (unpaired) electrons. The summed E-state index contributed by atoms with van der Waals surface area (Å²) < 4.78 is 7.63. The second-order valence-corrected chi connectivity index (χ2v) is 8.24. The van der Waals surface area contributed by atoms with Crippen LogP contribution in [0.15, 0.2) is 6.20 Å². The molecule has 0 bridgehead atoms. The van der Waals surface area contributed by atoms with Gasteiger partial charge in [-0.25, -0.2) is 14.3 Å². The zero-order valence-electron chi connectivity index (χ0n) is 16.2. The van der Waals surface area contributed by atoms with Crippen LogP contribution in [0.3, 0.4) is 0 Å². The molecule has 3 amide bonds. The minimum Gasteiger partial charge on any atom is -0.441 e. The zero-order chi connectivity index (χ0) is 19.0. The van der Waals surface area contributed by atoms with Crippen molar-refractivity contribution in [2.24, 2.45) is 0 Å². The molecule has 1 unspecified atom stereocenters. The van der Waals surface area contributed by atoms with Crippen LogP contribution in [-0.4, -0.2) is 64.0 Å². The summed E-state index contributed by atoms with van der Waals surface area (Å²) in [7, 11) is 1.76. The number of likely N-dealkylation sites (N-methyl/N-ethyl adjacent to an activating group) is 1. The Bertz CT molecular complexity index is 727. The largest absolute Gasteiger partial charge is 0.441 e. The molecule has 1 N–H and O–H groups in total. The minimum absolute atomic E-state index is 0.0902. The summed E-state index contributed by atoms with van der Waals surface area (Å²) in [6.07, 6.45) is 8.56. The molecule has 1 atom stereocenters. The first-order chi connectivity index (χ1) is 13.0. The number of hydrogen-bond donors (Lipinski definition) is 1. The molecule has 1 saturated carbocycles. The molecule has 1 aromatic rings. The van der Waals surface area contributed by atoms with Gasteiger partial charge in [0.25, 0.3) is 0 Å². The van der Waals surface area contributed by atoms with Crippen molar-refractivity contribution in [3.63, 3.8) is 0 Å². The predicted molar refractivity (Wildman–Crippen MR) is 101 cm³/mol. The van der Waals surface area contributed by atoms with Crippen LogP contribution in [0.5, 0.6) is 0 Å². The van der Waals surface area contributed by atoms with E-state index >= 15 is 0 Å². The second-order valence-electron chi connectivity index (χ2n) is 8.24. The number of aromatic nitrogens is 2. The molecule has 1 aliphatic carbocycles. The quantitative estimate of drug-likeness (QED) is 0.861. The van der Waals surface area contributed by atoms with Gasteiger partial charge < -0.3 is 14.5 Å². The number of amides is 3. The Morgan fingerprint density at radius 3 is 2.74 bits per heavy atom. The molecule has 3 aliphatic rings. The van der Waals surface area contributed by atoms with Crippen LogP contribution in [0.1, 0.15) is 56.6 Å². The molecule has 3 fully saturated rings. The molecule has 148 valence electrons. The van der Waals surface area contributed by atoms with Gasteiger partial charge in [-0.05, 0) is 32.6 Å². The summed E-state index contributed by atoms with van der Waals surface area (Å²) in [5, 5.41) is 7.61. The number of rotatable bonds is 2. The van der Waals surface area contributed by atoms with Crippen molar-refractivity contribution < 1.29 is 14.3 Å². The lowest BCUT2D eigenvalue weighted by molar-refractivity contribution is 0.0454. The van der Waals surface area contributed by atoms with E-state index in [0.717, 1.165) is 37.1 Å². The average molecular weight is 375 g/mol. The molecule has 4 rings (SSSR count). The van der Waals surface area contributed by atoms with E-state index in [-0.39, 0.29) is 12.1 Å². The van der Waals surface area contributed by atoms with E-state index < -0.39 is 5.60 Å². The van der Waals surface area contributed by atoms with Crippen LogP contribution in [0.2, 0.25) is 0 Å². The first-order valence-corrected chi connectivity index (χ1v) is 10.0. The number of hydrogen-bond acceptors (Lipinski definition) is 4. The van der Waals surface area contributed by atoms with Crippen LogP contribution < -0.4 is 5.32 Å². The van der Waals surface area contributed by atoms with Crippen molar-refractivity contribution in [1.82, 2.24) is 19.6 Å². The van der Waals surface area contributed by atoms with Gasteiger partial charge in [-0.3, -0.25) is 5.32 Å². The Hall–Kier alpha value is -2.25. The highest BCUT2D eigenvalue weighted by Crippen LogP contribution is 2.34. The van der Waals surface area contributed by atoms with Gasteiger partial charge in [-0.1, -0.05) is 12.8 Å². The fraction of sp³-hybridized carbons (Fsp3) is 0.737. The highest BCUT2D eigenvalue weighted by Gasteiger charge is 2.44. The van der Waals surface area contributed by atoms with Gasteiger partial charge in [0.15, 0.2) is 0 Å². The first kappa shape index (κ1) is 18.1. The summed E-state index contributed by atoms with van der Waals surface area (Å²) in [4.78, 5) is 28.2. The Labute approximate surface area is 159 Å². The number of carbonyl (C=O) groups excluding carboxylic acids is 2. The maximum atomic E-state index is 12.9. The van der Waals surface area contributed by atoms with Crippen LogP contribution in [0.25, 0.3) is 0 Å². The minimum atomic E-state index is -0.442. The van der Waals surface area contributed by atoms with Crippen molar-refractivity contribution >= 4 is 17.9 Å². The molecule has 8 heteroatoms. The van der Waals surface area contributed by atoms with Gasteiger partial charge in [0.1, 0.15) is 11.4 Å². The van der Waals surface area contributed by atoms with E-state index in [9.17, 15) is 9.59 Å². The third-order valence-electron chi connectivity index (χ3n) is 6.20. The standard InChI is InChI=1S/C19H29N5O3/c1-14-12-20-24(15-6-3-4-7-15)16(14)21-17(25)23-10-5-8-19(9-11-23)13-22(2)18(26)27-19/h12,15H,3-11,13H2,1-2H3,(H,21,25). The maximum Gasteiger partial charge on any atom is 0.410 e. The van der Waals surface area contributed by atoms with E-state index in [1.54, 1.807) is 11.9 Å². The first-order valence-electron chi connectivity index (χ1n) is 10.0. The lowest BCUT2D eigenvalue weighted by Crippen LogP contribution is -2.39. The van der Waals surface area contributed by atoms with Gasteiger partial charge >= 0.3 is 12.1 Å². The van der Waals surface area contributed by atoms with Crippen LogP contribution in [0, 0.1) is 6.92 Å². The number of nitrogens with zero attached hydrogens (tertiary/aromatic N) is 4. The molecular weight excluding hydrogens is 346 g/mol. The summed E-state index contributed by atoms with van der Waals surface area (Å²) in [6, 6.07) is 0.294. The normalized spacial score (nSPS) is 26.5. The monoisotopic (exact) mass is 375 g/mol. The second kappa shape index (κ2) is 7.05. The number of aryl methyl sites for hydroxylation is 1. The number of likely N-dealkylation sites (tertiary alicyclic amines) is 1. The van der Waals surface area contributed by atoms with E-state index in [1.807, 2.05) is 22.7 Å². The SMILES string of the molecule is Cc1cnn(C2CCCC2)c1NC(=O)N1CCCC2(CC1)CN(C)C(=O)O2. The molecule has 2 aliphatic heterocycles. The number of carbonyl (C=O) groups is 2. The fourth-order valence-electron chi connectivity index (χ4n) is 4.63. The van der Waals surface area contributed by atoms with Crippen molar-refractivity contribution in [1.29, 1.82) is 0 Å². The maximum absolute atomic E-state index is 12.9. The molecule has 8 nitrogen and oxygen atoms in total. The predicted octanol–water partition coefficient (Wildman–Crippen LogP) is 3.15. The van der Waals surface area contributed by atoms with Crippen LogP contribution in [0.4, 0.5) is 15.4 Å². The Morgan fingerprint density at radius 2 is 2.04 bits per heavy atom. The molecule has 27 heavy (non-hydrogen) atoms. The molecule has 3 heterocycles. The summed E-state index contributed by atoms with van der Waals surface area (Å²) >= 11 is 0. The lowest BCUT2D eigenvalue weighted by Gasteiger charge is -2.25. The highest BCUT2D eigenvalue weighted by molar-refractivity contribution is 5.89. The number of ether oxygens (including phenoxy) is 1. The van der Waals surface area contributed by atoms with Crippen LogP contribution in [-0.2, 0) is 4.74 Å². The van der Waals surface area contributed by atoms with E-state index in [0.29, 0.717) is 32.1 Å². The third kappa shape index (κ3) is 3.49. The van der Waals surface area contributed by atoms with E-state index in [1.165, 1.54) is 12.8 Å². The third-order valence-corrected chi connectivity index (χ3v) is 6.20. The highest BCUT2D eigenvalue weighted by atomic mass is 16.6.